The number of nitrogens with zero attached hydrogens (tertiary/aromatic N) is 1. The largest absolute Gasteiger partial charge is 0.394 e. The molecule has 4 heteroatoms. The molecule has 0 unspecified atom stereocenters. The predicted octanol–water partition coefficient (Wildman–Crippen LogP) is 2.05. The van der Waals surface area contributed by atoms with Crippen LogP contribution in [0.1, 0.15) is 13.8 Å². The Bertz CT molecular complexity index is 314. The summed E-state index contributed by atoms with van der Waals surface area (Å²) in [5.74, 6) is -0.228. The quantitative estimate of drug-likeness (QED) is 0.742. The van der Waals surface area contributed by atoms with Crippen molar-refractivity contribution in [2.45, 2.75) is 19.9 Å². The van der Waals surface area contributed by atoms with Crippen molar-refractivity contribution >= 4 is 5.69 Å². The Kier molecular flexibility index (Phi) is 5.94. The van der Waals surface area contributed by atoms with Crippen LogP contribution >= 0.6 is 0 Å². The second-order valence-corrected chi connectivity index (χ2v) is 4.10. The number of rotatable bonds is 7. The molecule has 0 amide bonds. The van der Waals surface area contributed by atoms with E-state index in [0.29, 0.717) is 19.3 Å². The molecule has 3 nitrogen and oxygen atoms in total. The molecule has 0 aliphatic carbocycles. The van der Waals surface area contributed by atoms with Crippen molar-refractivity contribution in [3.63, 3.8) is 0 Å². The standard InChI is InChI=1S/C13H20FNO2/c1-11(2)15(7-9-17-10-8-16)13-5-3-12(14)4-6-13/h3-6,11,16H,7-10H2,1-2H3. The molecule has 0 bridgehead atoms. The van der Waals surface area contributed by atoms with E-state index in [1.807, 2.05) is 0 Å². The van der Waals surface area contributed by atoms with Crippen molar-refractivity contribution in [3.8, 4) is 0 Å². The molecule has 0 aliphatic rings. The molecule has 0 saturated carbocycles. The first-order valence-corrected chi connectivity index (χ1v) is 5.86. The Morgan fingerprint density at radius 1 is 1.24 bits per heavy atom. The molecule has 17 heavy (non-hydrogen) atoms. The Morgan fingerprint density at radius 3 is 2.41 bits per heavy atom. The maximum absolute atomic E-state index is 12.8. The van der Waals surface area contributed by atoms with Gasteiger partial charge in [-0.25, -0.2) is 4.39 Å². The third kappa shape index (κ3) is 4.71. The molecule has 0 aromatic heterocycles. The summed E-state index contributed by atoms with van der Waals surface area (Å²) in [5.41, 5.74) is 0.981. The SMILES string of the molecule is CC(C)N(CCOCCO)c1ccc(F)cc1. The normalized spacial score (nSPS) is 10.9. The van der Waals surface area contributed by atoms with Crippen molar-refractivity contribution < 1.29 is 14.2 Å². The van der Waals surface area contributed by atoms with Crippen LogP contribution in [0, 0.1) is 5.82 Å². The van der Waals surface area contributed by atoms with Gasteiger partial charge in [-0.15, -0.1) is 0 Å². The van der Waals surface area contributed by atoms with Crippen LogP contribution in [0.5, 0.6) is 0 Å². The van der Waals surface area contributed by atoms with Crippen molar-refractivity contribution in [2.24, 2.45) is 0 Å². The summed E-state index contributed by atoms with van der Waals surface area (Å²) in [5, 5.41) is 8.61. The molecule has 1 aromatic rings. The van der Waals surface area contributed by atoms with Crippen molar-refractivity contribution in [3.05, 3.63) is 30.1 Å². The van der Waals surface area contributed by atoms with Crippen LogP contribution in [0.2, 0.25) is 0 Å². The van der Waals surface area contributed by atoms with E-state index in [0.717, 1.165) is 12.2 Å². The second-order valence-electron chi connectivity index (χ2n) is 4.10. The number of benzene rings is 1. The molecule has 1 rings (SSSR count). The van der Waals surface area contributed by atoms with E-state index in [2.05, 4.69) is 18.7 Å². The van der Waals surface area contributed by atoms with E-state index in [9.17, 15) is 4.39 Å². The molecular formula is C13H20FNO2. The molecule has 1 N–H and O–H groups in total. The Balaban J connectivity index is 2.56. The van der Waals surface area contributed by atoms with E-state index in [1.54, 1.807) is 12.1 Å². The molecule has 0 heterocycles. The van der Waals surface area contributed by atoms with Crippen LogP contribution in [0.15, 0.2) is 24.3 Å². The average molecular weight is 241 g/mol. The predicted molar refractivity (Wildman–Crippen MR) is 66.8 cm³/mol. The first-order valence-electron chi connectivity index (χ1n) is 5.86. The van der Waals surface area contributed by atoms with Gasteiger partial charge in [-0.1, -0.05) is 0 Å². The lowest BCUT2D eigenvalue weighted by Crippen LogP contribution is -2.34. The minimum absolute atomic E-state index is 0.0399. The van der Waals surface area contributed by atoms with E-state index in [-0.39, 0.29) is 12.4 Å². The number of anilines is 1. The molecule has 0 aliphatic heterocycles. The van der Waals surface area contributed by atoms with Gasteiger partial charge in [0, 0.05) is 18.3 Å². The minimum Gasteiger partial charge on any atom is -0.394 e. The van der Waals surface area contributed by atoms with Gasteiger partial charge >= 0.3 is 0 Å². The van der Waals surface area contributed by atoms with Gasteiger partial charge in [0.15, 0.2) is 0 Å². The number of ether oxygens (including phenoxy) is 1. The van der Waals surface area contributed by atoms with Gasteiger partial charge in [-0.3, -0.25) is 0 Å². The zero-order valence-corrected chi connectivity index (χ0v) is 10.4. The lowest BCUT2D eigenvalue weighted by Gasteiger charge is -2.28. The third-order valence-electron chi connectivity index (χ3n) is 2.49. The van der Waals surface area contributed by atoms with E-state index >= 15 is 0 Å². The molecule has 0 radical (unpaired) electrons. The lowest BCUT2D eigenvalue weighted by atomic mass is 10.2. The highest BCUT2D eigenvalue weighted by atomic mass is 19.1. The van der Waals surface area contributed by atoms with Gasteiger partial charge in [0.1, 0.15) is 5.82 Å². The summed E-state index contributed by atoms with van der Waals surface area (Å²) in [6, 6.07) is 6.76. The van der Waals surface area contributed by atoms with Gasteiger partial charge in [0.05, 0.1) is 19.8 Å². The Labute approximate surface area is 102 Å². The van der Waals surface area contributed by atoms with Gasteiger partial charge < -0.3 is 14.7 Å². The van der Waals surface area contributed by atoms with E-state index in [1.165, 1.54) is 12.1 Å². The molecule has 0 fully saturated rings. The smallest absolute Gasteiger partial charge is 0.123 e. The van der Waals surface area contributed by atoms with Crippen LogP contribution in [0.4, 0.5) is 10.1 Å². The highest BCUT2D eigenvalue weighted by molar-refractivity contribution is 5.46. The molecule has 0 saturated heterocycles. The number of halogens is 1. The van der Waals surface area contributed by atoms with Crippen LogP contribution in [0.3, 0.4) is 0 Å². The first kappa shape index (κ1) is 13.9. The monoisotopic (exact) mass is 241 g/mol. The second kappa shape index (κ2) is 7.25. The zero-order chi connectivity index (χ0) is 12.7. The van der Waals surface area contributed by atoms with Gasteiger partial charge in [0.25, 0.3) is 0 Å². The Morgan fingerprint density at radius 2 is 1.88 bits per heavy atom. The summed E-state index contributed by atoms with van der Waals surface area (Å²) in [6.45, 7) is 5.83. The number of hydrogen-bond acceptors (Lipinski definition) is 3. The summed E-state index contributed by atoms with van der Waals surface area (Å²) < 4.78 is 18.1. The van der Waals surface area contributed by atoms with Crippen molar-refractivity contribution in [2.75, 3.05) is 31.3 Å². The fourth-order valence-electron chi connectivity index (χ4n) is 1.65. The molecule has 0 spiro atoms. The van der Waals surface area contributed by atoms with Gasteiger partial charge in [0.2, 0.25) is 0 Å². The van der Waals surface area contributed by atoms with Crippen molar-refractivity contribution in [1.29, 1.82) is 0 Å². The summed E-state index contributed by atoms with van der Waals surface area (Å²) in [7, 11) is 0. The van der Waals surface area contributed by atoms with Crippen LogP contribution in [0.25, 0.3) is 0 Å². The molecule has 0 atom stereocenters. The first-order chi connectivity index (χ1) is 8.15. The number of hydrogen-bond donors (Lipinski definition) is 1. The highest BCUT2D eigenvalue weighted by Crippen LogP contribution is 2.17. The Hall–Kier alpha value is -1.13. The average Bonchev–Trinajstić information content (AvgIpc) is 2.30. The highest BCUT2D eigenvalue weighted by Gasteiger charge is 2.10. The maximum atomic E-state index is 12.8. The molecular weight excluding hydrogens is 221 g/mol. The lowest BCUT2D eigenvalue weighted by molar-refractivity contribution is 0.0961. The minimum atomic E-state index is -0.228. The zero-order valence-electron chi connectivity index (χ0n) is 10.4. The van der Waals surface area contributed by atoms with Crippen LogP contribution in [-0.4, -0.2) is 37.5 Å². The number of aliphatic hydroxyl groups is 1. The van der Waals surface area contributed by atoms with Crippen LogP contribution in [-0.2, 0) is 4.74 Å². The molecule has 96 valence electrons. The maximum Gasteiger partial charge on any atom is 0.123 e. The van der Waals surface area contributed by atoms with E-state index < -0.39 is 0 Å². The molecule has 1 aromatic carbocycles. The van der Waals surface area contributed by atoms with E-state index in [4.69, 9.17) is 9.84 Å². The van der Waals surface area contributed by atoms with Crippen LogP contribution < -0.4 is 4.90 Å². The summed E-state index contributed by atoms with van der Waals surface area (Å²) >= 11 is 0. The van der Waals surface area contributed by atoms with Gasteiger partial charge in [-0.05, 0) is 38.1 Å². The topological polar surface area (TPSA) is 32.7 Å². The summed E-state index contributed by atoms with van der Waals surface area (Å²) in [6.07, 6.45) is 0. The fourth-order valence-corrected chi connectivity index (χ4v) is 1.65. The third-order valence-corrected chi connectivity index (χ3v) is 2.49. The summed E-state index contributed by atoms with van der Waals surface area (Å²) in [4.78, 5) is 2.14. The fraction of sp³-hybridized carbons (Fsp3) is 0.538. The number of aliphatic hydroxyl groups excluding tert-OH is 1. The van der Waals surface area contributed by atoms with Crippen molar-refractivity contribution in [1.82, 2.24) is 0 Å². The van der Waals surface area contributed by atoms with Gasteiger partial charge in [-0.2, -0.15) is 0 Å².